The summed E-state index contributed by atoms with van der Waals surface area (Å²) in [6.07, 6.45) is 5.88. The van der Waals surface area contributed by atoms with Gasteiger partial charge in [-0.15, -0.1) is 0 Å². The number of aromatic nitrogens is 1. The van der Waals surface area contributed by atoms with Crippen molar-refractivity contribution < 1.29 is 19.1 Å². The molecule has 0 radical (unpaired) electrons. The second-order valence-electron chi connectivity index (χ2n) is 11.9. The van der Waals surface area contributed by atoms with Crippen molar-refractivity contribution >= 4 is 28.8 Å². The molecule has 6 heterocycles. The van der Waals surface area contributed by atoms with Crippen molar-refractivity contribution in [2.45, 2.75) is 75.2 Å². The number of ether oxygens (including phenoxy) is 2. The standard InChI is InChI=1S/C27H31N3O4/c1-24(2)11-9-14-16(34-24)8-7-15-18-20(28-19(14)15)25(3,4)17-13-26-10-6-12-30(26)23(32)27(17,21(18)33-5)29-22(26)31/h7-9,11,17,21,28H,6,10,12-13H2,1-5H3,(H,29,31)/t17-,21-,26?,27+/m0/s1. The van der Waals surface area contributed by atoms with Gasteiger partial charge in [0.05, 0.1) is 5.52 Å². The molecule has 8 rings (SSSR count). The SMILES string of the molecule is CO[C@H]1c2c([nH]c3c4c(ccc23)OC(C)(C)C=C4)C(C)(C)[C@@H]2CC34CCCN3C(=O)[C@]12NC4=O. The van der Waals surface area contributed by atoms with Crippen LogP contribution >= 0.6 is 0 Å². The van der Waals surface area contributed by atoms with Crippen molar-refractivity contribution in [1.29, 1.82) is 0 Å². The lowest BCUT2D eigenvalue weighted by Crippen LogP contribution is -2.85. The molecule has 7 heteroatoms. The Morgan fingerprint density at radius 3 is 2.74 bits per heavy atom. The zero-order chi connectivity index (χ0) is 23.8. The molecular weight excluding hydrogens is 430 g/mol. The molecule has 4 atom stereocenters. The Kier molecular flexibility index (Phi) is 3.55. The Bertz CT molecular complexity index is 1340. The van der Waals surface area contributed by atoms with Crippen LogP contribution in [0.5, 0.6) is 5.75 Å². The van der Waals surface area contributed by atoms with Gasteiger partial charge in [0.2, 0.25) is 5.91 Å². The molecule has 1 aromatic heterocycles. The highest BCUT2D eigenvalue weighted by Gasteiger charge is 2.76. The first-order valence-electron chi connectivity index (χ1n) is 12.3. The lowest BCUT2D eigenvalue weighted by Gasteiger charge is -2.65. The largest absolute Gasteiger partial charge is 0.483 e. The van der Waals surface area contributed by atoms with Crippen LogP contribution in [0.4, 0.5) is 0 Å². The summed E-state index contributed by atoms with van der Waals surface area (Å²) in [6, 6.07) is 4.07. The van der Waals surface area contributed by atoms with E-state index in [0.29, 0.717) is 13.0 Å². The van der Waals surface area contributed by atoms with Gasteiger partial charge in [0.1, 0.15) is 23.0 Å². The number of hydrogen-bond donors (Lipinski definition) is 2. The number of benzene rings is 1. The van der Waals surface area contributed by atoms with E-state index in [4.69, 9.17) is 9.47 Å². The minimum atomic E-state index is -1.10. The second kappa shape index (κ2) is 5.88. The molecule has 1 unspecified atom stereocenters. The molecule has 2 spiro atoms. The van der Waals surface area contributed by atoms with Crippen LogP contribution in [0.2, 0.25) is 0 Å². The van der Waals surface area contributed by atoms with Gasteiger partial charge in [-0.05, 0) is 57.4 Å². The number of H-pyrrole nitrogens is 1. The van der Waals surface area contributed by atoms with Crippen LogP contribution in [-0.4, -0.2) is 52.0 Å². The Morgan fingerprint density at radius 1 is 1.18 bits per heavy atom. The number of methoxy groups -OCH3 is 1. The molecule has 6 aliphatic rings. The molecular formula is C27H31N3O4. The predicted molar refractivity (Wildman–Crippen MR) is 127 cm³/mol. The third-order valence-corrected chi connectivity index (χ3v) is 9.39. The number of nitrogens with one attached hydrogen (secondary N) is 2. The highest BCUT2D eigenvalue weighted by atomic mass is 16.5. The average Bonchev–Trinajstić information content (AvgIpc) is 3.38. The molecule has 1 aliphatic carbocycles. The highest BCUT2D eigenvalue weighted by Crippen LogP contribution is 2.63. The maximum Gasteiger partial charge on any atom is 0.252 e. The Balaban J connectivity index is 1.51. The summed E-state index contributed by atoms with van der Waals surface area (Å²) >= 11 is 0. The Morgan fingerprint density at radius 2 is 1.97 bits per heavy atom. The number of carbonyl (C=O) groups excluding carboxylic acids is 2. The fraction of sp³-hybridized carbons (Fsp3) is 0.556. The molecule has 2 amide bonds. The average molecular weight is 462 g/mol. The number of fused-ring (bicyclic) bond motifs is 6. The second-order valence-corrected chi connectivity index (χ2v) is 11.9. The number of rotatable bonds is 1. The van der Waals surface area contributed by atoms with Gasteiger partial charge < -0.3 is 24.7 Å². The van der Waals surface area contributed by atoms with Gasteiger partial charge in [0.15, 0.2) is 5.54 Å². The Hall–Kier alpha value is -2.80. The van der Waals surface area contributed by atoms with Gasteiger partial charge in [0, 0.05) is 47.2 Å². The van der Waals surface area contributed by atoms with Crippen LogP contribution in [0, 0.1) is 5.92 Å². The zero-order valence-electron chi connectivity index (χ0n) is 20.4. The van der Waals surface area contributed by atoms with Crippen LogP contribution in [0.3, 0.4) is 0 Å². The summed E-state index contributed by atoms with van der Waals surface area (Å²) in [7, 11) is 1.65. The fourth-order valence-corrected chi connectivity index (χ4v) is 7.84. The minimum absolute atomic E-state index is 0.0158. The number of piperazine rings is 1. The van der Waals surface area contributed by atoms with E-state index in [1.165, 1.54) is 0 Å². The molecule has 7 nitrogen and oxygen atoms in total. The third-order valence-electron chi connectivity index (χ3n) is 9.39. The normalized spacial score (nSPS) is 36.0. The highest BCUT2D eigenvalue weighted by molar-refractivity contribution is 6.07. The fourth-order valence-electron chi connectivity index (χ4n) is 7.84. The number of hydrogen-bond acceptors (Lipinski definition) is 4. The van der Waals surface area contributed by atoms with Gasteiger partial charge in [-0.3, -0.25) is 9.59 Å². The molecule has 1 aromatic carbocycles. The van der Waals surface area contributed by atoms with Crippen molar-refractivity contribution in [3.8, 4) is 5.75 Å². The number of amides is 2. The van der Waals surface area contributed by atoms with E-state index in [1.54, 1.807) is 7.11 Å². The van der Waals surface area contributed by atoms with Crippen LogP contribution in [0.1, 0.15) is 69.9 Å². The summed E-state index contributed by atoms with van der Waals surface area (Å²) in [5.41, 5.74) is 1.50. The van der Waals surface area contributed by atoms with Gasteiger partial charge in [-0.2, -0.15) is 0 Å². The van der Waals surface area contributed by atoms with Crippen LogP contribution in [0.25, 0.3) is 17.0 Å². The predicted octanol–water partition coefficient (Wildman–Crippen LogP) is 3.58. The first-order chi connectivity index (χ1) is 16.1. The van der Waals surface area contributed by atoms with E-state index in [1.807, 2.05) is 24.8 Å². The lowest BCUT2D eigenvalue weighted by atomic mass is 9.50. The van der Waals surface area contributed by atoms with Crippen LogP contribution in [-0.2, 0) is 19.7 Å². The van der Waals surface area contributed by atoms with Crippen molar-refractivity contribution in [2.24, 2.45) is 5.92 Å². The van der Waals surface area contributed by atoms with E-state index in [2.05, 4.69) is 42.4 Å². The van der Waals surface area contributed by atoms with Crippen molar-refractivity contribution in [3.63, 3.8) is 0 Å². The summed E-state index contributed by atoms with van der Waals surface area (Å²) < 4.78 is 12.4. The van der Waals surface area contributed by atoms with E-state index in [-0.39, 0.29) is 28.7 Å². The van der Waals surface area contributed by atoms with E-state index in [0.717, 1.165) is 46.3 Å². The lowest BCUT2D eigenvalue weighted by molar-refractivity contribution is -0.193. The third kappa shape index (κ3) is 2.06. The minimum Gasteiger partial charge on any atom is -0.483 e. The molecule has 2 bridgehead atoms. The van der Waals surface area contributed by atoms with Gasteiger partial charge in [0.25, 0.3) is 5.91 Å². The van der Waals surface area contributed by atoms with Gasteiger partial charge in [-0.25, -0.2) is 0 Å². The summed E-state index contributed by atoms with van der Waals surface area (Å²) in [4.78, 5) is 33.3. The molecule has 4 fully saturated rings. The smallest absolute Gasteiger partial charge is 0.252 e. The van der Waals surface area contributed by atoms with E-state index < -0.39 is 17.2 Å². The first-order valence-corrected chi connectivity index (χ1v) is 12.3. The van der Waals surface area contributed by atoms with Crippen molar-refractivity contribution in [3.05, 3.63) is 35.0 Å². The number of aromatic amines is 1. The van der Waals surface area contributed by atoms with Gasteiger partial charge >= 0.3 is 0 Å². The Labute approximate surface area is 198 Å². The molecule has 2 aromatic rings. The van der Waals surface area contributed by atoms with Crippen molar-refractivity contribution in [2.75, 3.05) is 13.7 Å². The van der Waals surface area contributed by atoms with E-state index in [9.17, 15) is 9.59 Å². The van der Waals surface area contributed by atoms with Crippen molar-refractivity contribution in [1.82, 2.24) is 15.2 Å². The summed E-state index contributed by atoms with van der Waals surface area (Å²) in [6.45, 7) is 9.14. The molecule has 178 valence electrons. The van der Waals surface area contributed by atoms with Crippen LogP contribution in [0.15, 0.2) is 18.2 Å². The molecule has 34 heavy (non-hydrogen) atoms. The molecule has 4 saturated heterocycles. The topological polar surface area (TPSA) is 83.7 Å². The van der Waals surface area contributed by atoms with E-state index >= 15 is 0 Å². The maximum atomic E-state index is 14.2. The summed E-state index contributed by atoms with van der Waals surface area (Å²) in [5.74, 6) is 0.763. The molecule has 2 N–H and O–H groups in total. The first kappa shape index (κ1) is 20.6. The summed E-state index contributed by atoms with van der Waals surface area (Å²) in [5, 5.41) is 4.27. The number of carbonyl (C=O) groups is 2. The zero-order valence-corrected chi connectivity index (χ0v) is 20.4. The number of nitrogens with zero attached hydrogens (tertiary/aromatic N) is 1. The molecule has 0 saturated carbocycles. The quantitative estimate of drug-likeness (QED) is 0.680. The van der Waals surface area contributed by atoms with Crippen LogP contribution < -0.4 is 10.1 Å². The number of piperidine rings is 2. The molecule has 5 aliphatic heterocycles. The van der Waals surface area contributed by atoms with Gasteiger partial charge in [-0.1, -0.05) is 13.8 Å². The maximum absolute atomic E-state index is 14.2. The monoisotopic (exact) mass is 461 g/mol.